The van der Waals surface area contributed by atoms with Crippen LogP contribution < -0.4 is 5.32 Å². The zero-order valence-corrected chi connectivity index (χ0v) is 10.2. The Morgan fingerprint density at radius 1 is 1.29 bits per heavy atom. The van der Waals surface area contributed by atoms with E-state index in [1.807, 2.05) is 0 Å². The third-order valence-corrected chi connectivity index (χ3v) is 3.43. The highest BCUT2D eigenvalue weighted by molar-refractivity contribution is 7.90. The molecule has 2 N–H and O–H groups in total. The van der Waals surface area contributed by atoms with Crippen molar-refractivity contribution in [2.45, 2.75) is 11.4 Å². The van der Waals surface area contributed by atoms with Crippen LogP contribution in [0.25, 0.3) is 0 Å². The Labute approximate surface area is 99.8 Å². The number of aromatic nitrogens is 2. The second-order valence-electron chi connectivity index (χ2n) is 3.69. The van der Waals surface area contributed by atoms with Crippen molar-refractivity contribution in [3.05, 3.63) is 42.5 Å². The number of anilines is 1. The fraction of sp³-hybridized carbons (Fsp3) is 0.182. The van der Waals surface area contributed by atoms with Crippen LogP contribution in [0.5, 0.6) is 0 Å². The maximum absolute atomic E-state index is 11.3. The van der Waals surface area contributed by atoms with Crippen LogP contribution in [-0.4, -0.2) is 24.6 Å². The predicted octanol–water partition coefficient (Wildman–Crippen LogP) is 1.43. The molecule has 0 aliphatic heterocycles. The number of aromatic amines is 1. The molecule has 0 amide bonds. The number of H-pyrrole nitrogens is 1. The highest BCUT2D eigenvalue weighted by atomic mass is 32.2. The number of imidazole rings is 1. The monoisotopic (exact) mass is 251 g/mol. The van der Waals surface area contributed by atoms with E-state index in [1.54, 1.807) is 36.7 Å². The van der Waals surface area contributed by atoms with Gasteiger partial charge in [-0.15, -0.1) is 0 Å². The molecule has 0 aliphatic carbocycles. The summed E-state index contributed by atoms with van der Waals surface area (Å²) >= 11 is 0. The van der Waals surface area contributed by atoms with Crippen LogP contribution in [0.1, 0.15) is 5.82 Å². The van der Waals surface area contributed by atoms with Crippen LogP contribution in [0.15, 0.2) is 41.6 Å². The average molecular weight is 251 g/mol. The van der Waals surface area contributed by atoms with Crippen molar-refractivity contribution in [3.63, 3.8) is 0 Å². The molecule has 1 heterocycles. The zero-order chi connectivity index (χ0) is 12.3. The molecule has 0 saturated carbocycles. The molecule has 17 heavy (non-hydrogen) atoms. The second kappa shape index (κ2) is 4.58. The first-order valence-electron chi connectivity index (χ1n) is 5.08. The third kappa shape index (κ3) is 3.07. The van der Waals surface area contributed by atoms with Gasteiger partial charge in [0.15, 0.2) is 9.84 Å². The van der Waals surface area contributed by atoms with E-state index in [0.29, 0.717) is 11.4 Å². The van der Waals surface area contributed by atoms with Crippen molar-refractivity contribution >= 4 is 15.5 Å². The Balaban J connectivity index is 2.04. The summed E-state index contributed by atoms with van der Waals surface area (Å²) in [4.78, 5) is 7.37. The van der Waals surface area contributed by atoms with Crippen LogP contribution in [0.3, 0.4) is 0 Å². The van der Waals surface area contributed by atoms with Gasteiger partial charge in [-0.05, 0) is 24.3 Å². The molecule has 0 spiro atoms. The van der Waals surface area contributed by atoms with Gasteiger partial charge in [0.1, 0.15) is 5.82 Å². The van der Waals surface area contributed by atoms with Crippen LogP contribution in [0, 0.1) is 0 Å². The zero-order valence-electron chi connectivity index (χ0n) is 9.34. The van der Waals surface area contributed by atoms with Crippen molar-refractivity contribution in [1.29, 1.82) is 0 Å². The lowest BCUT2D eigenvalue weighted by molar-refractivity contribution is 0.602. The molecule has 0 fully saturated rings. The van der Waals surface area contributed by atoms with E-state index in [1.165, 1.54) is 6.26 Å². The van der Waals surface area contributed by atoms with Crippen LogP contribution in [-0.2, 0) is 16.4 Å². The first kappa shape index (κ1) is 11.7. The molecule has 2 rings (SSSR count). The largest absolute Gasteiger partial charge is 0.378 e. The van der Waals surface area contributed by atoms with Gasteiger partial charge in [-0.25, -0.2) is 13.4 Å². The molecule has 6 heteroatoms. The number of nitrogens with zero attached hydrogens (tertiary/aromatic N) is 1. The lowest BCUT2D eigenvalue weighted by Gasteiger charge is -2.05. The molecule has 0 unspecified atom stereocenters. The molecule has 0 atom stereocenters. The van der Waals surface area contributed by atoms with E-state index in [0.717, 1.165) is 11.5 Å². The highest BCUT2D eigenvalue weighted by Crippen LogP contribution is 2.14. The molecule has 0 saturated heterocycles. The van der Waals surface area contributed by atoms with Gasteiger partial charge in [0.2, 0.25) is 0 Å². The topological polar surface area (TPSA) is 74.8 Å². The predicted molar refractivity (Wildman–Crippen MR) is 65.5 cm³/mol. The van der Waals surface area contributed by atoms with E-state index in [4.69, 9.17) is 0 Å². The van der Waals surface area contributed by atoms with Gasteiger partial charge in [-0.1, -0.05) is 0 Å². The minimum Gasteiger partial charge on any atom is -0.378 e. The van der Waals surface area contributed by atoms with E-state index in [-0.39, 0.29) is 0 Å². The molecular formula is C11H13N3O2S. The van der Waals surface area contributed by atoms with Crippen molar-refractivity contribution < 1.29 is 8.42 Å². The molecule has 0 radical (unpaired) electrons. The summed E-state index contributed by atoms with van der Waals surface area (Å²) in [5.74, 6) is 0.831. The molecular weight excluding hydrogens is 238 g/mol. The quantitative estimate of drug-likeness (QED) is 0.862. The first-order valence-corrected chi connectivity index (χ1v) is 6.97. The first-order chi connectivity index (χ1) is 8.05. The van der Waals surface area contributed by atoms with E-state index in [9.17, 15) is 8.42 Å². The Bertz CT molecular complexity index is 574. The number of hydrogen-bond donors (Lipinski definition) is 2. The lowest BCUT2D eigenvalue weighted by Crippen LogP contribution is -2.02. The SMILES string of the molecule is CS(=O)(=O)c1ccc(NCc2ncc[nH]2)cc1. The minimum atomic E-state index is -3.12. The fourth-order valence-electron chi connectivity index (χ4n) is 1.40. The fourth-order valence-corrected chi connectivity index (χ4v) is 2.03. The molecule has 1 aromatic heterocycles. The van der Waals surface area contributed by atoms with E-state index < -0.39 is 9.84 Å². The number of sulfone groups is 1. The van der Waals surface area contributed by atoms with Gasteiger partial charge < -0.3 is 10.3 Å². The average Bonchev–Trinajstić information content (AvgIpc) is 2.78. The number of benzene rings is 1. The Hall–Kier alpha value is -1.82. The van der Waals surface area contributed by atoms with Gasteiger partial charge in [0, 0.05) is 24.3 Å². The van der Waals surface area contributed by atoms with Crippen LogP contribution in [0.2, 0.25) is 0 Å². The molecule has 1 aromatic carbocycles. The Morgan fingerprint density at radius 2 is 2.00 bits per heavy atom. The molecule has 2 aromatic rings. The second-order valence-corrected chi connectivity index (χ2v) is 5.70. The maximum Gasteiger partial charge on any atom is 0.175 e. The van der Waals surface area contributed by atoms with Gasteiger partial charge in [-0.2, -0.15) is 0 Å². The lowest BCUT2D eigenvalue weighted by atomic mass is 10.3. The summed E-state index contributed by atoms with van der Waals surface area (Å²) < 4.78 is 22.5. The standard InChI is InChI=1S/C11H13N3O2S/c1-17(15,16)10-4-2-9(3-5-10)14-8-11-12-6-7-13-11/h2-7,14H,8H2,1H3,(H,12,13). The van der Waals surface area contributed by atoms with Crippen LogP contribution >= 0.6 is 0 Å². The molecule has 0 aliphatic rings. The van der Waals surface area contributed by atoms with Gasteiger partial charge in [0.25, 0.3) is 0 Å². The highest BCUT2D eigenvalue weighted by Gasteiger charge is 2.05. The van der Waals surface area contributed by atoms with Crippen molar-refractivity contribution in [2.24, 2.45) is 0 Å². The molecule has 90 valence electrons. The Morgan fingerprint density at radius 3 is 2.53 bits per heavy atom. The van der Waals surface area contributed by atoms with E-state index in [2.05, 4.69) is 15.3 Å². The number of rotatable bonds is 4. The Kier molecular flexibility index (Phi) is 3.14. The van der Waals surface area contributed by atoms with Crippen molar-refractivity contribution in [1.82, 2.24) is 9.97 Å². The van der Waals surface area contributed by atoms with Crippen molar-refractivity contribution in [2.75, 3.05) is 11.6 Å². The number of nitrogens with one attached hydrogen (secondary N) is 2. The summed E-state index contributed by atoms with van der Waals surface area (Å²) in [5.41, 5.74) is 0.855. The van der Waals surface area contributed by atoms with Gasteiger partial charge >= 0.3 is 0 Å². The van der Waals surface area contributed by atoms with Gasteiger partial charge in [-0.3, -0.25) is 0 Å². The van der Waals surface area contributed by atoms with E-state index >= 15 is 0 Å². The molecule has 5 nitrogen and oxygen atoms in total. The summed E-state index contributed by atoms with van der Waals surface area (Å²) in [6.07, 6.45) is 4.63. The molecule has 0 bridgehead atoms. The minimum absolute atomic E-state index is 0.320. The maximum atomic E-state index is 11.3. The third-order valence-electron chi connectivity index (χ3n) is 2.30. The van der Waals surface area contributed by atoms with Crippen LogP contribution in [0.4, 0.5) is 5.69 Å². The summed E-state index contributed by atoms with van der Waals surface area (Å²) in [5, 5.41) is 3.14. The normalized spacial score (nSPS) is 11.4. The van der Waals surface area contributed by atoms with Gasteiger partial charge in [0.05, 0.1) is 11.4 Å². The van der Waals surface area contributed by atoms with Crippen molar-refractivity contribution in [3.8, 4) is 0 Å². The summed E-state index contributed by atoms with van der Waals surface area (Å²) in [7, 11) is -3.12. The summed E-state index contributed by atoms with van der Waals surface area (Å²) in [6, 6.07) is 6.64. The number of hydrogen-bond acceptors (Lipinski definition) is 4. The summed E-state index contributed by atoms with van der Waals surface area (Å²) in [6.45, 7) is 0.575. The smallest absolute Gasteiger partial charge is 0.175 e.